The SMILES string of the molecule is CCCn1nccc1C(O)C1(CN)CCCOC1. The van der Waals surface area contributed by atoms with Crippen molar-refractivity contribution in [1.29, 1.82) is 0 Å². The van der Waals surface area contributed by atoms with Crippen molar-refractivity contribution in [1.82, 2.24) is 9.78 Å². The average Bonchev–Trinajstić information content (AvgIpc) is 2.87. The van der Waals surface area contributed by atoms with Gasteiger partial charge in [0, 0.05) is 31.3 Å². The Morgan fingerprint density at radius 2 is 2.50 bits per heavy atom. The van der Waals surface area contributed by atoms with Crippen molar-refractivity contribution in [2.24, 2.45) is 11.1 Å². The number of nitrogens with zero attached hydrogens (tertiary/aromatic N) is 2. The standard InChI is InChI=1S/C13H23N3O2/c1-2-7-16-11(4-6-15-16)12(17)13(9-14)5-3-8-18-10-13/h4,6,12,17H,2-3,5,7-10,14H2,1H3. The highest BCUT2D eigenvalue weighted by Crippen LogP contribution is 2.39. The zero-order chi connectivity index (χ0) is 13.0. The summed E-state index contributed by atoms with van der Waals surface area (Å²) in [6.07, 6.45) is 3.99. The van der Waals surface area contributed by atoms with Gasteiger partial charge in [0.25, 0.3) is 0 Å². The molecule has 3 N–H and O–H groups in total. The van der Waals surface area contributed by atoms with Crippen LogP contribution in [-0.2, 0) is 11.3 Å². The van der Waals surface area contributed by atoms with Crippen LogP contribution in [0.2, 0.25) is 0 Å². The Hall–Kier alpha value is -0.910. The van der Waals surface area contributed by atoms with Crippen LogP contribution in [-0.4, -0.2) is 34.6 Å². The van der Waals surface area contributed by atoms with E-state index in [2.05, 4.69) is 12.0 Å². The molecule has 0 radical (unpaired) electrons. The smallest absolute Gasteiger partial charge is 0.105 e. The maximum atomic E-state index is 10.7. The van der Waals surface area contributed by atoms with Crippen molar-refractivity contribution in [3.63, 3.8) is 0 Å². The van der Waals surface area contributed by atoms with E-state index in [4.69, 9.17) is 10.5 Å². The lowest BCUT2D eigenvalue weighted by atomic mass is 9.76. The first kappa shape index (κ1) is 13.5. The second kappa shape index (κ2) is 5.82. The van der Waals surface area contributed by atoms with E-state index in [0.717, 1.165) is 38.1 Å². The van der Waals surface area contributed by atoms with E-state index >= 15 is 0 Å². The van der Waals surface area contributed by atoms with Crippen molar-refractivity contribution >= 4 is 0 Å². The van der Waals surface area contributed by atoms with Crippen molar-refractivity contribution in [3.8, 4) is 0 Å². The predicted octanol–water partition coefficient (Wildman–Crippen LogP) is 1.08. The molecule has 1 saturated heterocycles. The van der Waals surface area contributed by atoms with Gasteiger partial charge in [-0.15, -0.1) is 0 Å². The Morgan fingerprint density at radius 1 is 1.67 bits per heavy atom. The molecule has 2 heterocycles. The quantitative estimate of drug-likeness (QED) is 0.823. The molecule has 0 aromatic carbocycles. The minimum atomic E-state index is -0.600. The summed E-state index contributed by atoms with van der Waals surface area (Å²) in [6.45, 7) is 4.65. The third kappa shape index (κ3) is 2.43. The Kier molecular flexibility index (Phi) is 4.37. The fraction of sp³-hybridized carbons (Fsp3) is 0.769. The molecule has 1 aromatic heterocycles. The molecule has 0 spiro atoms. The first-order valence-electron chi connectivity index (χ1n) is 6.71. The van der Waals surface area contributed by atoms with E-state index < -0.39 is 6.10 Å². The van der Waals surface area contributed by atoms with E-state index in [9.17, 15) is 5.11 Å². The molecule has 1 aliphatic heterocycles. The van der Waals surface area contributed by atoms with Gasteiger partial charge in [-0.2, -0.15) is 5.10 Å². The van der Waals surface area contributed by atoms with Crippen molar-refractivity contribution in [3.05, 3.63) is 18.0 Å². The number of hydrogen-bond acceptors (Lipinski definition) is 4. The number of aromatic nitrogens is 2. The van der Waals surface area contributed by atoms with Crippen LogP contribution in [0, 0.1) is 5.41 Å². The number of aliphatic hydroxyl groups is 1. The lowest BCUT2D eigenvalue weighted by molar-refractivity contribution is -0.0811. The van der Waals surface area contributed by atoms with Crippen LogP contribution in [0.3, 0.4) is 0 Å². The number of nitrogens with two attached hydrogens (primary N) is 1. The van der Waals surface area contributed by atoms with Crippen molar-refractivity contribution < 1.29 is 9.84 Å². The van der Waals surface area contributed by atoms with Crippen molar-refractivity contribution in [2.75, 3.05) is 19.8 Å². The first-order valence-corrected chi connectivity index (χ1v) is 6.71. The normalized spacial score (nSPS) is 26.2. The Bertz CT molecular complexity index is 372. The van der Waals surface area contributed by atoms with Crippen LogP contribution >= 0.6 is 0 Å². The molecule has 2 atom stereocenters. The molecule has 0 bridgehead atoms. The lowest BCUT2D eigenvalue weighted by Gasteiger charge is -2.39. The third-order valence-electron chi connectivity index (χ3n) is 3.80. The summed E-state index contributed by atoms with van der Waals surface area (Å²) in [5.74, 6) is 0. The summed E-state index contributed by atoms with van der Waals surface area (Å²) in [7, 11) is 0. The Labute approximate surface area is 108 Å². The van der Waals surface area contributed by atoms with Crippen molar-refractivity contribution in [2.45, 2.75) is 38.8 Å². The van der Waals surface area contributed by atoms with Crippen LogP contribution in [0.4, 0.5) is 0 Å². The minimum Gasteiger partial charge on any atom is -0.386 e. The van der Waals surface area contributed by atoms with Gasteiger partial charge in [-0.25, -0.2) is 0 Å². The third-order valence-corrected chi connectivity index (χ3v) is 3.80. The fourth-order valence-corrected chi connectivity index (χ4v) is 2.65. The minimum absolute atomic E-state index is 0.357. The molecular formula is C13H23N3O2. The summed E-state index contributed by atoms with van der Waals surface area (Å²) < 4.78 is 7.40. The molecule has 102 valence electrons. The highest BCUT2D eigenvalue weighted by Gasteiger charge is 2.40. The Balaban J connectivity index is 2.22. The molecule has 1 aliphatic rings. The molecule has 5 heteroatoms. The highest BCUT2D eigenvalue weighted by molar-refractivity contribution is 5.10. The van der Waals surface area contributed by atoms with Crippen LogP contribution in [0.5, 0.6) is 0 Å². The van der Waals surface area contributed by atoms with Gasteiger partial charge in [-0.05, 0) is 25.3 Å². The highest BCUT2D eigenvalue weighted by atomic mass is 16.5. The van der Waals surface area contributed by atoms with E-state index in [1.54, 1.807) is 6.20 Å². The average molecular weight is 253 g/mol. The summed E-state index contributed by atoms with van der Waals surface area (Å²) >= 11 is 0. The summed E-state index contributed by atoms with van der Waals surface area (Å²) in [5.41, 5.74) is 6.40. The molecule has 5 nitrogen and oxygen atoms in total. The van der Waals surface area contributed by atoms with Crippen LogP contribution in [0.1, 0.15) is 38.0 Å². The number of aryl methyl sites for hydroxylation is 1. The number of aliphatic hydroxyl groups excluding tert-OH is 1. The molecular weight excluding hydrogens is 230 g/mol. The first-order chi connectivity index (χ1) is 8.73. The largest absolute Gasteiger partial charge is 0.386 e. The van der Waals surface area contributed by atoms with E-state index in [1.807, 2.05) is 10.7 Å². The van der Waals surface area contributed by atoms with E-state index in [-0.39, 0.29) is 5.41 Å². The number of ether oxygens (including phenoxy) is 1. The molecule has 0 amide bonds. The Morgan fingerprint density at radius 3 is 3.11 bits per heavy atom. The molecule has 0 aliphatic carbocycles. The predicted molar refractivity (Wildman–Crippen MR) is 69.0 cm³/mol. The summed E-state index contributed by atoms with van der Waals surface area (Å²) in [5, 5.41) is 14.9. The fourth-order valence-electron chi connectivity index (χ4n) is 2.65. The second-order valence-corrected chi connectivity index (χ2v) is 5.10. The van der Waals surface area contributed by atoms with E-state index in [1.165, 1.54) is 0 Å². The number of hydrogen-bond donors (Lipinski definition) is 2. The molecule has 18 heavy (non-hydrogen) atoms. The zero-order valence-corrected chi connectivity index (χ0v) is 11.0. The van der Waals surface area contributed by atoms with Gasteiger partial charge in [0.1, 0.15) is 6.10 Å². The summed E-state index contributed by atoms with van der Waals surface area (Å²) in [4.78, 5) is 0. The number of rotatable bonds is 5. The van der Waals surface area contributed by atoms with Gasteiger partial charge < -0.3 is 15.6 Å². The maximum absolute atomic E-state index is 10.7. The molecule has 1 aromatic rings. The van der Waals surface area contributed by atoms with Gasteiger partial charge in [0.2, 0.25) is 0 Å². The van der Waals surface area contributed by atoms with Gasteiger partial charge in [-0.3, -0.25) is 4.68 Å². The summed E-state index contributed by atoms with van der Waals surface area (Å²) in [6, 6.07) is 1.88. The topological polar surface area (TPSA) is 73.3 Å². The molecule has 1 fully saturated rings. The lowest BCUT2D eigenvalue weighted by Crippen LogP contribution is -2.44. The molecule has 2 rings (SSSR count). The van der Waals surface area contributed by atoms with Crippen LogP contribution in [0.15, 0.2) is 12.3 Å². The van der Waals surface area contributed by atoms with E-state index in [0.29, 0.717) is 13.2 Å². The maximum Gasteiger partial charge on any atom is 0.105 e. The van der Waals surface area contributed by atoms with Gasteiger partial charge >= 0.3 is 0 Å². The van der Waals surface area contributed by atoms with Crippen LogP contribution in [0.25, 0.3) is 0 Å². The molecule has 0 saturated carbocycles. The second-order valence-electron chi connectivity index (χ2n) is 5.10. The molecule has 2 unspecified atom stereocenters. The monoisotopic (exact) mass is 253 g/mol. The van der Waals surface area contributed by atoms with Crippen LogP contribution < -0.4 is 5.73 Å². The van der Waals surface area contributed by atoms with Gasteiger partial charge in [0.05, 0.1) is 12.3 Å². The van der Waals surface area contributed by atoms with Gasteiger partial charge in [0.15, 0.2) is 0 Å². The van der Waals surface area contributed by atoms with Gasteiger partial charge in [-0.1, -0.05) is 6.92 Å². The zero-order valence-electron chi connectivity index (χ0n) is 11.0.